The van der Waals surface area contributed by atoms with Gasteiger partial charge in [0.15, 0.2) is 0 Å². The van der Waals surface area contributed by atoms with E-state index < -0.39 is 10.0 Å². The van der Waals surface area contributed by atoms with Crippen LogP contribution in [0.1, 0.15) is 11.1 Å². The zero-order valence-corrected chi connectivity index (χ0v) is 12.4. The van der Waals surface area contributed by atoms with Crippen molar-refractivity contribution in [2.45, 2.75) is 11.4 Å². The molecular formula is C14H12ClN3O2S. The zero-order chi connectivity index (χ0) is 15.5. The Labute approximate surface area is 128 Å². The Morgan fingerprint density at radius 2 is 1.86 bits per heavy atom. The van der Waals surface area contributed by atoms with Crippen LogP contribution in [0.25, 0.3) is 0 Å². The van der Waals surface area contributed by atoms with Crippen LogP contribution in [0, 0.1) is 11.3 Å². The maximum Gasteiger partial charge on any atom is 0.242 e. The van der Waals surface area contributed by atoms with E-state index >= 15 is 0 Å². The highest BCUT2D eigenvalue weighted by Gasteiger charge is 2.18. The van der Waals surface area contributed by atoms with Crippen LogP contribution >= 0.6 is 11.6 Å². The smallest absolute Gasteiger partial charge is 0.242 e. The molecule has 2 aromatic rings. The number of nitrogen functional groups attached to an aromatic ring is 1. The molecule has 2 rings (SSSR count). The molecule has 0 heterocycles. The van der Waals surface area contributed by atoms with E-state index in [4.69, 9.17) is 22.6 Å². The third-order valence-corrected chi connectivity index (χ3v) is 4.50. The van der Waals surface area contributed by atoms with Crippen molar-refractivity contribution in [3.63, 3.8) is 0 Å². The van der Waals surface area contributed by atoms with Crippen molar-refractivity contribution in [3.8, 4) is 6.07 Å². The van der Waals surface area contributed by atoms with Crippen LogP contribution in [0.2, 0.25) is 5.02 Å². The third-order valence-electron chi connectivity index (χ3n) is 2.79. The molecule has 0 fully saturated rings. The number of nitrogens with two attached hydrogens (primary N) is 1. The molecule has 0 bridgehead atoms. The first kappa shape index (κ1) is 15.3. The van der Waals surface area contributed by atoms with Gasteiger partial charge in [0.05, 0.1) is 10.5 Å². The minimum absolute atomic E-state index is 0.0126. The zero-order valence-electron chi connectivity index (χ0n) is 10.9. The molecule has 0 saturated heterocycles. The Kier molecular flexibility index (Phi) is 4.48. The molecule has 0 spiro atoms. The second-order valence-electron chi connectivity index (χ2n) is 4.32. The second-order valence-corrected chi connectivity index (χ2v) is 6.49. The molecule has 108 valence electrons. The number of sulfonamides is 1. The van der Waals surface area contributed by atoms with Crippen LogP contribution in [0.15, 0.2) is 47.4 Å². The van der Waals surface area contributed by atoms with Crippen molar-refractivity contribution < 1.29 is 8.42 Å². The summed E-state index contributed by atoms with van der Waals surface area (Å²) in [4.78, 5) is -0.0897. The molecule has 5 nitrogen and oxygen atoms in total. The fourth-order valence-electron chi connectivity index (χ4n) is 1.73. The number of halogens is 1. The molecule has 0 atom stereocenters. The molecule has 0 aromatic heterocycles. The van der Waals surface area contributed by atoms with Gasteiger partial charge in [0, 0.05) is 17.3 Å². The summed E-state index contributed by atoms with van der Waals surface area (Å²) < 4.78 is 26.9. The lowest BCUT2D eigenvalue weighted by atomic mass is 10.2. The number of nitriles is 1. The Bertz CT molecular complexity index is 796. The highest BCUT2D eigenvalue weighted by molar-refractivity contribution is 7.89. The van der Waals surface area contributed by atoms with E-state index in [1.165, 1.54) is 18.2 Å². The van der Waals surface area contributed by atoms with Gasteiger partial charge in [-0.25, -0.2) is 13.1 Å². The highest BCUT2D eigenvalue weighted by atomic mass is 35.5. The van der Waals surface area contributed by atoms with Crippen molar-refractivity contribution in [3.05, 3.63) is 58.6 Å². The minimum Gasteiger partial charge on any atom is -0.399 e. The monoisotopic (exact) mass is 321 g/mol. The first-order chi connectivity index (χ1) is 9.92. The predicted molar refractivity (Wildman–Crippen MR) is 81.0 cm³/mol. The van der Waals surface area contributed by atoms with E-state index in [0.717, 1.165) is 5.56 Å². The fraction of sp³-hybridized carbons (Fsp3) is 0.0714. The van der Waals surface area contributed by atoms with Crippen molar-refractivity contribution in [2.75, 3.05) is 5.73 Å². The first-order valence-corrected chi connectivity index (χ1v) is 7.82. The van der Waals surface area contributed by atoms with Gasteiger partial charge in [0.2, 0.25) is 10.0 Å². The quantitative estimate of drug-likeness (QED) is 0.844. The number of nitrogens with zero attached hydrogens (tertiary/aromatic N) is 1. The van der Waals surface area contributed by atoms with Crippen LogP contribution in [-0.2, 0) is 16.6 Å². The summed E-state index contributed by atoms with van der Waals surface area (Å²) in [5.41, 5.74) is 6.66. The maximum absolute atomic E-state index is 12.2. The van der Waals surface area contributed by atoms with Gasteiger partial charge in [-0.3, -0.25) is 0 Å². The number of anilines is 1. The molecule has 0 radical (unpaired) electrons. The van der Waals surface area contributed by atoms with E-state index in [9.17, 15) is 8.42 Å². The molecular weight excluding hydrogens is 310 g/mol. The lowest BCUT2D eigenvalue weighted by Gasteiger charge is -2.09. The van der Waals surface area contributed by atoms with Gasteiger partial charge < -0.3 is 5.73 Å². The number of rotatable bonds is 4. The van der Waals surface area contributed by atoms with Crippen molar-refractivity contribution in [2.24, 2.45) is 0 Å². The van der Waals surface area contributed by atoms with E-state index in [1.54, 1.807) is 24.3 Å². The SMILES string of the molecule is N#Cc1cc(N)ccc1S(=O)(=O)NCc1ccc(Cl)cc1. The van der Waals surface area contributed by atoms with Crippen LogP contribution < -0.4 is 10.5 Å². The van der Waals surface area contributed by atoms with Gasteiger partial charge in [-0.1, -0.05) is 23.7 Å². The average molecular weight is 322 g/mol. The standard InChI is InChI=1S/C14H12ClN3O2S/c15-12-3-1-10(2-4-12)9-18-21(19,20)14-6-5-13(17)7-11(14)8-16/h1-7,18H,9,17H2. The van der Waals surface area contributed by atoms with Gasteiger partial charge in [-0.05, 0) is 35.9 Å². The van der Waals surface area contributed by atoms with Gasteiger partial charge in [0.25, 0.3) is 0 Å². The van der Waals surface area contributed by atoms with Crippen LogP contribution in [0.3, 0.4) is 0 Å². The van der Waals surface area contributed by atoms with Crippen molar-refractivity contribution in [1.29, 1.82) is 5.26 Å². The van der Waals surface area contributed by atoms with Crippen LogP contribution in [-0.4, -0.2) is 8.42 Å². The summed E-state index contributed by atoms with van der Waals surface area (Å²) in [6, 6.07) is 12.7. The van der Waals surface area contributed by atoms with E-state index in [0.29, 0.717) is 10.7 Å². The van der Waals surface area contributed by atoms with Gasteiger partial charge >= 0.3 is 0 Å². The largest absolute Gasteiger partial charge is 0.399 e. The summed E-state index contributed by atoms with van der Waals surface area (Å²) in [5.74, 6) is 0. The van der Waals surface area contributed by atoms with Gasteiger partial charge in [-0.2, -0.15) is 5.26 Å². The van der Waals surface area contributed by atoms with Gasteiger partial charge in [0.1, 0.15) is 6.07 Å². The summed E-state index contributed by atoms with van der Waals surface area (Å²) in [5, 5.41) is 9.59. The molecule has 0 unspecified atom stereocenters. The Balaban J connectivity index is 2.23. The molecule has 0 aliphatic heterocycles. The van der Waals surface area contributed by atoms with E-state index in [1.807, 2.05) is 6.07 Å². The first-order valence-electron chi connectivity index (χ1n) is 5.96. The van der Waals surface area contributed by atoms with Crippen LogP contribution in [0.4, 0.5) is 5.69 Å². The van der Waals surface area contributed by atoms with Crippen molar-refractivity contribution >= 4 is 27.3 Å². The number of hydrogen-bond acceptors (Lipinski definition) is 4. The number of nitrogens with one attached hydrogen (secondary N) is 1. The highest BCUT2D eigenvalue weighted by Crippen LogP contribution is 2.18. The molecule has 21 heavy (non-hydrogen) atoms. The second kappa shape index (κ2) is 6.14. The molecule has 0 saturated carbocycles. The number of benzene rings is 2. The third kappa shape index (κ3) is 3.73. The molecule has 0 aliphatic rings. The predicted octanol–water partition coefficient (Wildman–Crippen LogP) is 2.27. The topological polar surface area (TPSA) is 96.0 Å². The molecule has 0 aliphatic carbocycles. The molecule has 0 amide bonds. The van der Waals surface area contributed by atoms with Gasteiger partial charge in [-0.15, -0.1) is 0 Å². The summed E-state index contributed by atoms with van der Waals surface area (Å²) in [7, 11) is -3.79. The summed E-state index contributed by atoms with van der Waals surface area (Å²) >= 11 is 5.77. The number of hydrogen-bond donors (Lipinski definition) is 2. The molecule has 3 N–H and O–H groups in total. The lowest BCUT2D eigenvalue weighted by molar-refractivity contribution is 0.581. The molecule has 7 heteroatoms. The average Bonchev–Trinajstić information content (AvgIpc) is 2.46. The molecule has 2 aromatic carbocycles. The summed E-state index contributed by atoms with van der Waals surface area (Å²) in [6.45, 7) is 0.106. The maximum atomic E-state index is 12.2. The Hall–Kier alpha value is -2.07. The fourth-order valence-corrected chi connectivity index (χ4v) is 3.01. The van der Waals surface area contributed by atoms with E-state index in [-0.39, 0.29) is 17.0 Å². The van der Waals surface area contributed by atoms with E-state index in [2.05, 4.69) is 4.72 Å². The minimum atomic E-state index is -3.79. The lowest BCUT2D eigenvalue weighted by Crippen LogP contribution is -2.24. The van der Waals surface area contributed by atoms with Crippen molar-refractivity contribution in [1.82, 2.24) is 4.72 Å². The van der Waals surface area contributed by atoms with Crippen LogP contribution in [0.5, 0.6) is 0 Å². The normalized spacial score (nSPS) is 11.0. The Morgan fingerprint density at radius 1 is 1.19 bits per heavy atom. The summed E-state index contributed by atoms with van der Waals surface area (Å²) in [6.07, 6.45) is 0. The Morgan fingerprint density at radius 3 is 2.48 bits per heavy atom.